The number of rotatable bonds is 4. The maximum atomic E-state index is 13.1. The molecule has 0 aliphatic carbocycles. The van der Waals surface area contributed by atoms with Crippen LogP contribution in [0.15, 0.2) is 29.1 Å². The molecule has 112 valence electrons. The number of aromatic nitrogens is 1. The van der Waals surface area contributed by atoms with Crippen LogP contribution in [-0.4, -0.2) is 17.0 Å². The monoisotopic (exact) mass is 331 g/mol. The molecule has 0 amide bonds. The van der Waals surface area contributed by atoms with Crippen molar-refractivity contribution in [3.05, 3.63) is 45.9 Å². The van der Waals surface area contributed by atoms with Gasteiger partial charge in [0.2, 0.25) is 0 Å². The van der Waals surface area contributed by atoms with Gasteiger partial charge in [0.1, 0.15) is 4.99 Å². The summed E-state index contributed by atoms with van der Waals surface area (Å²) >= 11 is 6.12. The highest BCUT2D eigenvalue weighted by Crippen LogP contribution is 2.34. The average Bonchev–Trinajstić information content (AvgIpc) is 2.89. The van der Waals surface area contributed by atoms with E-state index in [1.807, 2.05) is 5.38 Å². The molecule has 2 aromatic rings. The molecule has 1 aromatic carbocycles. The summed E-state index contributed by atoms with van der Waals surface area (Å²) in [6.07, 6.45) is -4.50. The third-order valence-corrected chi connectivity index (χ3v) is 3.75. The van der Waals surface area contributed by atoms with Crippen molar-refractivity contribution in [2.24, 2.45) is 5.73 Å². The quantitative estimate of drug-likeness (QED) is 0.872. The Morgan fingerprint density at radius 1 is 1.43 bits per heavy atom. The minimum Gasteiger partial charge on any atom is -0.389 e. The van der Waals surface area contributed by atoms with Crippen molar-refractivity contribution < 1.29 is 13.2 Å². The summed E-state index contributed by atoms with van der Waals surface area (Å²) in [5, 5.41) is 1.85. The molecule has 1 heterocycles. The van der Waals surface area contributed by atoms with Gasteiger partial charge >= 0.3 is 6.18 Å². The van der Waals surface area contributed by atoms with Crippen molar-refractivity contribution >= 4 is 34.2 Å². The number of halogens is 3. The first kappa shape index (κ1) is 15.7. The number of hydrogen-bond donors (Lipinski definition) is 1. The molecule has 0 spiro atoms. The Labute approximate surface area is 129 Å². The van der Waals surface area contributed by atoms with Crippen molar-refractivity contribution in [2.75, 3.05) is 11.9 Å². The predicted molar refractivity (Wildman–Crippen MR) is 81.6 cm³/mol. The molecule has 21 heavy (non-hydrogen) atoms. The molecule has 0 saturated heterocycles. The number of thiocarbonyl (C=S) groups is 1. The number of hydrogen-bond acceptors (Lipinski definition) is 4. The summed E-state index contributed by atoms with van der Waals surface area (Å²) in [5.74, 6) is 0. The Hall–Kier alpha value is -1.67. The van der Waals surface area contributed by atoms with Crippen LogP contribution < -0.4 is 10.6 Å². The highest BCUT2D eigenvalue weighted by Gasteiger charge is 2.34. The molecule has 3 nitrogen and oxygen atoms in total. The van der Waals surface area contributed by atoms with E-state index >= 15 is 0 Å². The van der Waals surface area contributed by atoms with E-state index in [9.17, 15) is 13.2 Å². The van der Waals surface area contributed by atoms with Gasteiger partial charge in [-0.25, -0.2) is 4.98 Å². The van der Waals surface area contributed by atoms with E-state index < -0.39 is 11.7 Å². The maximum absolute atomic E-state index is 13.1. The summed E-state index contributed by atoms with van der Waals surface area (Å²) in [4.78, 5) is 5.53. The van der Waals surface area contributed by atoms with E-state index in [0.29, 0.717) is 12.2 Å². The first-order valence-corrected chi connectivity index (χ1v) is 7.23. The molecule has 0 aliphatic heterocycles. The third kappa shape index (κ3) is 3.70. The Kier molecular flexibility index (Phi) is 4.48. The van der Waals surface area contributed by atoms with Gasteiger partial charge in [-0.2, -0.15) is 13.2 Å². The van der Waals surface area contributed by atoms with Crippen LogP contribution in [0.4, 0.5) is 18.9 Å². The molecule has 2 rings (SSSR count). The lowest BCUT2D eigenvalue weighted by Crippen LogP contribution is -2.21. The lowest BCUT2D eigenvalue weighted by molar-refractivity contribution is -0.137. The second kappa shape index (κ2) is 5.98. The molecule has 0 aliphatic rings. The average molecular weight is 331 g/mol. The largest absolute Gasteiger partial charge is 0.417 e. The van der Waals surface area contributed by atoms with Crippen LogP contribution in [0.1, 0.15) is 16.8 Å². The SMILES string of the molecule is CN(Cc1cscn1)c1ccc(C(N)=S)c(C(F)(F)F)c1. The molecular weight excluding hydrogens is 319 g/mol. The lowest BCUT2D eigenvalue weighted by atomic mass is 10.1. The van der Waals surface area contributed by atoms with Crippen LogP contribution in [0.5, 0.6) is 0 Å². The predicted octanol–water partition coefficient (Wildman–Crippen LogP) is 3.43. The molecule has 0 radical (unpaired) electrons. The standard InChI is InChI=1S/C13H12F3N3S2/c1-19(5-8-6-21-7-18-8)9-2-3-10(12(17)20)11(4-9)13(14,15)16/h2-4,6-7H,5H2,1H3,(H2,17,20). The molecular formula is C13H12F3N3S2. The second-order valence-electron chi connectivity index (χ2n) is 4.43. The van der Waals surface area contributed by atoms with Gasteiger partial charge in [-0.05, 0) is 18.2 Å². The zero-order chi connectivity index (χ0) is 15.6. The van der Waals surface area contributed by atoms with Crippen molar-refractivity contribution in [3.8, 4) is 0 Å². The summed E-state index contributed by atoms with van der Waals surface area (Å²) in [6, 6.07) is 3.93. The van der Waals surface area contributed by atoms with Crippen LogP contribution in [0.3, 0.4) is 0 Å². The fraction of sp³-hybridized carbons (Fsp3) is 0.231. The number of alkyl halides is 3. The molecule has 0 saturated carbocycles. The zero-order valence-corrected chi connectivity index (χ0v) is 12.6. The minimum atomic E-state index is -4.50. The van der Waals surface area contributed by atoms with Gasteiger partial charge in [0.15, 0.2) is 0 Å². The number of thiazole rings is 1. The van der Waals surface area contributed by atoms with Gasteiger partial charge in [-0.3, -0.25) is 0 Å². The number of nitrogens with two attached hydrogens (primary N) is 1. The topological polar surface area (TPSA) is 42.2 Å². The fourth-order valence-electron chi connectivity index (χ4n) is 1.87. The first-order chi connectivity index (χ1) is 9.79. The van der Waals surface area contributed by atoms with E-state index in [1.165, 1.54) is 17.4 Å². The number of anilines is 1. The third-order valence-electron chi connectivity index (χ3n) is 2.90. The highest BCUT2D eigenvalue weighted by molar-refractivity contribution is 7.80. The zero-order valence-electron chi connectivity index (χ0n) is 11.0. The first-order valence-electron chi connectivity index (χ1n) is 5.88. The lowest BCUT2D eigenvalue weighted by Gasteiger charge is -2.21. The van der Waals surface area contributed by atoms with Gasteiger partial charge in [0, 0.05) is 23.7 Å². The van der Waals surface area contributed by atoms with Gasteiger partial charge in [0.05, 0.1) is 23.3 Å². The molecule has 0 fully saturated rings. The molecule has 0 unspecified atom stereocenters. The molecule has 1 aromatic heterocycles. The Morgan fingerprint density at radius 3 is 2.67 bits per heavy atom. The number of nitrogens with zero attached hydrogens (tertiary/aromatic N) is 2. The Bertz CT molecular complexity index is 639. The van der Waals surface area contributed by atoms with E-state index in [0.717, 1.165) is 11.8 Å². The summed E-state index contributed by atoms with van der Waals surface area (Å²) in [6.45, 7) is 0.424. The molecule has 8 heteroatoms. The van der Waals surface area contributed by atoms with E-state index in [-0.39, 0.29) is 10.6 Å². The molecule has 0 bridgehead atoms. The van der Waals surface area contributed by atoms with Crippen LogP contribution in [0.25, 0.3) is 0 Å². The van der Waals surface area contributed by atoms with Crippen molar-refractivity contribution in [2.45, 2.75) is 12.7 Å². The van der Waals surface area contributed by atoms with Gasteiger partial charge in [0.25, 0.3) is 0 Å². The fourth-order valence-corrected chi connectivity index (χ4v) is 2.60. The van der Waals surface area contributed by atoms with Crippen LogP contribution in [0.2, 0.25) is 0 Å². The van der Waals surface area contributed by atoms with Crippen molar-refractivity contribution in [1.82, 2.24) is 4.98 Å². The van der Waals surface area contributed by atoms with Crippen LogP contribution >= 0.6 is 23.6 Å². The molecule has 2 N–H and O–H groups in total. The number of benzene rings is 1. The maximum Gasteiger partial charge on any atom is 0.417 e. The summed E-state index contributed by atoms with van der Waals surface area (Å²) in [7, 11) is 1.70. The normalized spacial score (nSPS) is 11.4. The Balaban J connectivity index is 2.35. The smallest absolute Gasteiger partial charge is 0.389 e. The summed E-state index contributed by atoms with van der Waals surface area (Å²) < 4.78 is 39.3. The summed E-state index contributed by atoms with van der Waals surface area (Å²) in [5.41, 5.74) is 7.28. The van der Waals surface area contributed by atoms with Gasteiger partial charge < -0.3 is 10.6 Å². The van der Waals surface area contributed by atoms with E-state index in [4.69, 9.17) is 5.73 Å². The van der Waals surface area contributed by atoms with Gasteiger partial charge in [-0.15, -0.1) is 11.3 Å². The van der Waals surface area contributed by atoms with E-state index in [1.54, 1.807) is 23.5 Å². The van der Waals surface area contributed by atoms with Crippen molar-refractivity contribution in [3.63, 3.8) is 0 Å². The van der Waals surface area contributed by atoms with Crippen molar-refractivity contribution in [1.29, 1.82) is 0 Å². The molecule has 0 atom stereocenters. The Morgan fingerprint density at radius 2 is 2.14 bits per heavy atom. The van der Waals surface area contributed by atoms with E-state index in [2.05, 4.69) is 17.2 Å². The minimum absolute atomic E-state index is 0.164. The second-order valence-corrected chi connectivity index (χ2v) is 5.59. The van der Waals surface area contributed by atoms with Gasteiger partial charge in [-0.1, -0.05) is 12.2 Å². The van der Waals surface area contributed by atoms with Crippen LogP contribution in [0, 0.1) is 0 Å². The highest BCUT2D eigenvalue weighted by atomic mass is 32.1. The van der Waals surface area contributed by atoms with Crippen LogP contribution in [-0.2, 0) is 12.7 Å².